The minimum Gasteiger partial charge on any atom is -0.484 e. The van der Waals surface area contributed by atoms with Crippen LogP contribution in [0.25, 0.3) is 0 Å². The fraction of sp³-hybridized carbons (Fsp3) is 0.500. The molecule has 0 radical (unpaired) electrons. The lowest BCUT2D eigenvalue weighted by atomic mass is 9.95. The summed E-state index contributed by atoms with van der Waals surface area (Å²) in [6.45, 7) is 8.35. The van der Waals surface area contributed by atoms with E-state index in [0.29, 0.717) is 18.7 Å². The van der Waals surface area contributed by atoms with Gasteiger partial charge in [-0.2, -0.15) is 0 Å². The lowest BCUT2D eigenvalue weighted by Gasteiger charge is -2.32. The average molecular weight is 451 g/mol. The quantitative estimate of drug-likeness (QED) is 0.568. The fourth-order valence-corrected chi connectivity index (χ4v) is 4.50. The van der Waals surface area contributed by atoms with Crippen molar-refractivity contribution in [2.24, 2.45) is 0 Å². The second-order valence-electron chi connectivity index (χ2n) is 9.31. The van der Waals surface area contributed by atoms with Gasteiger partial charge in [-0.3, -0.25) is 9.59 Å². The van der Waals surface area contributed by atoms with Crippen LogP contribution in [0.4, 0.5) is 0 Å². The van der Waals surface area contributed by atoms with Crippen molar-refractivity contribution in [3.05, 3.63) is 64.7 Å². The van der Waals surface area contributed by atoms with Crippen LogP contribution in [-0.4, -0.2) is 35.4 Å². The lowest BCUT2D eigenvalue weighted by Crippen LogP contribution is -2.52. The third-order valence-electron chi connectivity index (χ3n) is 6.61. The first-order valence-electron chi connectivity index (χ1n) is 12.2. The highest BCUT2D eigenvalue weighted by Crippen LogP contribution is 2.20. The van der Waals surface area contributed by atoms with Gasteiger partial charge in [-0.1, -0.05) is 62.1 Å². The van der Waals surface area contributed by atoms with Crippen LogP contribution in [0, 0.1) is 20.8 Å². The minimum atomic E-state index is -0.525. The summed E-state index contributed by atoms with van der Waals surface area (Å²) in [5.74, 6) is 0.429. The van der Waals surface area contributed by atoms with Crippen molar-refractivity contribution in [3.8, 4) is 5.75 Å². The second-order valence-corrected chi connectivity index (χ2v) is 9.31. The fourth-order valence-electron chi connectivity index (χ4n) is 4.50. The van der Waals surface area contributed by atoms with Crippen molar-refractivity contribution >= 4 is 11.8 Å². The molecule has 2 amide bonds. The van der Waals surface area contributed by atoms with Crippen LogP contribution in [0.2, 0.25) is 0 Å². The summed E-state index contributed by atoms with van der Waals surface area (Å²) in [5.41, 5.74) is 4.44. The van der Waals surface area contributed by atoms with Gasteiger partial charge in [0, 0.05) is 12.6 Å². The van der Waals surface area contributed by atoms with Crippen LogP contribution >= 0.6 is 0 Å². The van der Waals surface area contributed by atoms with E-state index < -0.39 is 6.04 Å². The monoisotopic (exact) mass is 450 g/mol. The van der Waals surface area contributed by atoms with Gasteiger partial charge in [0.1, 0.15) is 11.8 Å². The number of nitrogens with zero attached hydrogens (tertiary/aromatic N) is 1. The van der Waals surface area contributed by atoms with Crippen molar-refractivity contribution in [1.82, 2.24) is 10.2 Å². The molecule has 1 fully saturated rings. The molecule has 1 aliphatic carbocycles. The van der Waals surface area contributed by atoms with E-state index in [9.17, 15) is 9.59 Å². The topological polar surface area (TPSA) is 58.6 Å². The van der Waals surface area contributed by atoms with E-state index in [1.165, 1.54) is 12.0 Å². The highest BCUT2D eigenvalue weighted by molar-refractivity contribution is 5.88. The van der Waals surface area contributed by atoms with Gasteiger partial charge in [0.2, 0.25) is 5.91 Å². The summed E-state index contributed by atoms with van der Waals surface area (Å²) in [6, 6.07) is 13.6. The molecule has 2 aromatic carbocycles. The number of ether oxygens (including phenoxy) is 1. The summed E-state index contributed by atoms with van der Waals surface area (Å²) in [4.78, 5) is 28.3. The largest absolute Gasteiger partial charge is 0.484 e. The molecule has 0 bridgehead atoms. The smallest absolute Gasteiger partial charge is 0.261 e. The molecule has 3 rings (SSSR count). The molecule has 0 spiro atoms. The van der Waals surface area contributed by atoms with E-state index >= 15 is 0 Å². The number of nitrogens with one attached hydrogen (secondary N) is 1. The summed E-state index contributed by atoms with van der Waals surface area (Å²) in [6.07, 6.45) is 6.12. The zero-order chi connectivity index (χ0) is 23.8. The Hall–Kier alpha value is -2.82. The first-order valence-corrected chi connectivity index (χ1v) is 12.2. The zero-order valence-corrected chi connectivity index (χ0v) is 20.5. The Morgan fingerprint density at radius 2 is 1.79 bits per heavy atom. The summed E-state index contributed by atoms with van der Waals surface area (Å²) >= 11 is 0. The van der Waals surface area contributed by atoms with E-state index in [0.717, 1.165) is 42.4 Å². The predicted molar refractivity (Wildman–Crippen MR) is 132 cm³/mol. The number of carbonyl (C=O) groups excluding carboxylic acids is 2. The molecule has 2 aromatic rings. The molecule has 1 aliphatic rings. The van der Waals surface area contributed by atoms with Crippen molar-refractivity contribution in [3.63, 3.8) is 0 Å². The number of hydrogen-bond donors (Lipinski definition) is 1. The van der Waals surface area contributed by atoms with Crippen molar-refractivity contribution in [1.29, 1.82) is 0 Å². The Kier molecular flexibility index (Phi) is 8.93. The summed E-state index contributed by atoms with van der Waals surface area (Å²) < 4.78 is 5.85. The number of aryl methyl sites for hydroxylation is 3. The molecule has 5 nitrogen and oxygen atoms in total. The average Bonchev–Trinajstić information content (AvgIpc) is 2.80. The van der Waals surface area contributed by atoms with E-state index in [2.05, 4.69) is 11.4 Å². The van der Waals surface area contributed by atoms with Crippen LogP contribution in [0.3, 0.4) is 0 Å². The number of hydrogen-bond acceptors (Lipinski definition) is 3. The molecule has 0 heterocycles. The highest BCUT2D eigenvalue weighted by atomic mass is 16.5. The van der Waals surface area contributed by atoms with E-state index in [4.69, 9.17) is 4.74 Å². The van der Waals surface area contributed by atoms with Gasteiger partial charge in [0.25, 0.3) is 5.91 Å². The lowest BCUT2D eigenvalue weighted by molar-refractivity contribution is -0.143. The Morgan fingerprint density at radius 1 is 1.03 bits per heavy atom. The number of rotatable bonds is 9. The van der Waals surface area contributed by atoms with Crippen LogP contribution in [0.1, 0.15) is 67.7 Å². The highest BCUT2D eigenvalue weighted by Gasteiger charge is 2.30. The molecule has 1 N–H and O–H groups in total. The van der Waals surface area contributed by atoms with Crippen LogP contribution in [0.5, 0.6) is 5.75 Å². The number of benzene rings is 2. The summed E-state index contributed by atoms with van der Waals surface area (Å²) in [5, 5.41) is 3.22. The van der Waals surface area contributed by atoms with Crippen molar-refractivity contribution in [2.75, 3.05) is 6.61 Å². The van der Waals surface area contributed by atoms with Gasteiger partial charge in [-0.15, -0.1) is 0 Å². The van der Waals surface area contributed by atoms with Crippen LogP contribution < -0.4 is 10.1 Å². The predicted octanol–water partition coefficient (Wildman–Crippen LogP) is 5.25. The molecule has 0 aromatic heterocycles. The Morgan fingerprint density at radius 3 is 2.45 bits per heavy atom. The van der Waals surface area contributed by atoms with Crippen molar-refractivity contribution in [2.45, 2.75) is 84.8 Å². The molecule has 1 saturated carbocycles. The maximum atomic E-state index is 13.4. The molecule has 0 aliphatic heterocycles. The van der Waals surface area contributed by atoms with Gasteiger partial charge < -0.3 is 15.0 Å². The van der Waals surface area contributed by atoms with E-state index in [-0.39, 0.29) is 24.5 Å². The molecular formula is C28H38N2O3. The second kappa shape index (κ2) is 11.9. The number of amides is 2. The normalized spacial score (nSPS) is 15.0. The van der Waals surface area contributed by atoms with Crippen molar-refractivity contribution < 1.29 is 14.3 Å². The molecular weight excluding hydrogens is 412 g/mol. The van der Waals surface area contributed by atoms with Gasteiger partial charge in [0.05, 0.1) is 0 Å². The standard InChI is InChI=1S/C28H38N2O3/c1-5-26(28(32)29-24-12-7-6-8-13-24)30(18-23-11-9-10-20(2)16-23)27(31)19-33-25-15-14-21(3)22(4)17-25/h9-11,14-17,24,26H,5-8,12-13,18-19H2,1-4H3,(H,29,32). The van der Waals surface area contributed by atoms with E-state index in [1.54, 1.807) is 4.90 Å². The first kappa shape index (κ1) is 24.8. The van der Waals surface area contributed by atoms with Crippen LogP contribution in [-0.2, 0) is 16.1 Å². The zero-order valence-electron chi connectivity index (χ0n) is 20.5. The summed E-state index contributed by atoms with van der Waals surface area (Å²) in [7, 11) is 0. The van der Waals surface area contributed by atoms with Gasteiger partial charge in [0.15, 0.2) is 6.61 Å². The molecule has 33 heavy (non-hydrogen) atoms. The molecule has 1 atom stereocenters. The maximum absolute atomic E-state index is 13.4. The maximum Gasteiger partial charge on any atom is 0.261 e. The molecule has 1 unspecified atom stereocenters. The molecule has 0 saturated heterocycles. The minimum absolute atomic E-state index is 0.0587. The first-order chi connectivity index (χ1) is 15.9. The molecule has 5 heteroatoms. The third-order valence-corrected chi connectivity index (χ3v) is 6.61. The third kappa shape index (κ3) is 7.08. The van der Waals surface area contributed by atoms with Gasteiger partial charge in [-0.25, -0.2) is 0 Å². The Balaban J connectivity index is 1.76. The van der Waals surface area contributed by atoms with Gasteiger partial charge in [-0.05, 0) is 68.9 Å². The number of carbonyl (C=O) groups is 2. The molecule has 178 valence electrons. The van der Waals surface area contributed by atoms with Gasteiger partial charge >= 0.3 is 0 Å². The Labute approximate surface area is 198 Å². The van der Waals surface area contributed by atoms with Crippen LogP contribution in [0.15, 0.2) is 42.5 Å². The van der Waals surface area contributed by atoms with E-state index in [1.807, 2.05) is 64.1 Å². The Bertz CT molecular complexity index is 950. The SMILES string of the molecule is CCC(C(=O)NC1CCCCC1)N(Cc1cccc(C)c1)C(=O)COc1ccc(C)c(C)c1.